The predicted octanol–water partition coefficient (Wildman–Crippen LogP) is 1.18. The van der Waals surface area contributed by atoms with Crippen LogP contribution in [0, 0.1) is 12.7 Å². The van der Waals surface area contributed by atoms with Gasteiger partial charge in [-0.15, -0.1) is 24.8 Å². The molecule has 1 aromatic rings. The SMILES string of the molecule is Cc1ncnc(N2CCNCC2)c1F.Cl.Cl. The van der Waals surface area contributed by atoms with Gasteiger partial charge in [0.05, 0.1) is 5.69 Å². The van der Waals surface area contributed by atoms with E-state index < -0.39 is 0 Å². The summed E-state index contributed by atoms with van der Waals surface area (Å²) >= 11 is 0. The Morgan fingerprint density at radius 1 is 1.25 bits per heavy atom. The van der Waals surface area contributed by atoms with E-state index in [9.17, 15) is 4.39 Å². The monoisotopic (exact) mass is 268 g/mol. The first-order chi connectivity index (χ1) is 6.79. The van der Waals surface area contributed by atoms with Gasteiger partial charge in [-0.2, -0.15) is 0 Å². The van der Waals surface area contributed by atoms with Crippen LogP contribution in [0.2, 0.25) is 0 Å². The number of anilines is 1. The van der Waals surface area contributed by atoms with Crippen molar-refractivity contribution in [1.82, 2.24) is 15.3 Å². The number of hydrogen-bond acceptors (Lipinski definition) is 4. The van der Waals surface area contributed by atoms with E-state index in [0.717, 1.165) is 26.2 Å². The van der Waals surface area contributed by atoms with Crippen LogP contribution in [0.1, 0.15) is 5.69 Å². The van der Waals surface area contributed by atoms with E-state index in [2.05, 4.69) is 15.3 Å². The molecular formula is C9H15Cl2FN4. The third kappa shape index (κ3) is 3.17. The van der Waals surface area contributed by atoms with Crippen LogP contribution < -0.4 is 10.2 Å². The number of halogens is 3. The highest BCUT2D eigenvalue weighted by molar-refractivity contribution is 5.85. The Balaban J connectivity index is 0.00000112. The number of hydrogen-bond donors (Lipinski definition) is 1. The van der Waals surface area contributed by atoms with Gasteiger partial charge in [0, 0.05) is 26.2 Å². The summed E-state index contributed by atoms with van der Waals surface area (Å²) in [6.45, 7) is 5.01. The molecule has 0 atom stereocenters. The molecule has 1 aliphatic heterocycles. The molecule has 1 aromatic heterocycles. The first kappa shape index (κ1) is 15.3. The van der Waals surface area contributed by atoms with Crippen molar-refractivity contribution in [2.24, 2.45) is 0 Å². The van der Waals surface area contributed by atoms with E-state index >= 15 is 0 Å². The van der Waals surface area contributed by atoms with Crippen LogP contribution in [-0.4, -0.2) is 36.1 Å². The first-order valence-electron chi connectivity index (χ1n) is 4.72. The minimum atomic E-state index is -0.297. The van der Waals surface area contributed by atoms with Crippen LogP contribution >= 0.6 is 24.8 Å². The highest BCUT2D eigenvalue weighted by Gasteiger charge is 2.17. The molecule has 0 aliphatic carbocycles. The number of piperazine rings is 1. The molecule has 1 saturated heterocycles. The van der Waals surface area contributed by atoms with E-state index in [1.807, 2.05) is 4.90 Å². The lowest BCUT2D eigenvalue weighted by atomic mass is 10.3. The van der Waals surface area contributed by atoms with E-state index in [1.54, 1.807) is 6.92 Å². The van der Waals surface area contributed by atoms with Gasteiger partial charge in [0.2, 0.25) is 0 Å². The fourth-order valence-corrected chi connectivity index (χ4v) is 1.54. The first-order valence-corrected chi connectivity index (χ1v) is 4.72. The molecule has 0 spiro atoms. The molecule has 0 unspecified atom stereocenters. The van der Waals surface area contributed by atoms with E-state index in [-0.39, 0.29) is 30.6 Å². The maximum atomic E-state index is 13.6. The van der Waals surface area contributed by atoms with Crippen molar-refractivity contribution < 1.29 is 4.39 Å². The summed E-state index contributed by atoms with van der Waals surface area (Å²) in [6, 6.07) is 0. The Morgan fingerprint density at radius 2 is 1.88 bits per heavy atom. The molecule has 0 radical (unpaired) electrons. The third-order valence-corrected chi connectivity index (χ3v) is 2.36. The van der Waals surface area contributed by atoms with Gasteiger partial charge in [-0.25, -0.2) is 14.4 Å². The summed E-state index contributed by atoms with van der Waals surface area (Å²) in [5.41, 5.74) is 0.411. The topological polar surface area (TPSA) is 41.1 Å². The van der Waals surface area contributed by atoms with Crippen molar-refractivity contribution in [3.63, 3.8) is 0 Å². The summed E-state index contributed by atoms with van der Waals surface area (Å²) < 4.78 is 13.6. The minimum Gasteiger partial charge on any atom is -0.352 e. The molecule has 1 aliphatic rings. The van der Waals surface area contributed by atoms with Gasteiger partial charge in [0.1, 0.15) is 6.33 Å². The van der Waals surface area contributed by atoms with Crippen molar-refractivity contribution in [1.29, 1.82) is 0 Å². The average Bonchev–Trinajstić information content (AvgIpc) is 2.23. The Bertz CT molecular complexity index is 331. The molecule has 0 amide bonds. The number of nitrogens with zero attached hydrogens (tertiary/aromatic N) is 3. The number of rotatable bonds is 1. The quantitative estimate of drug-likeness (QED) is 0.831. The number of aromatic nitrogens is 2. The zero-order valence-corrected chi connectivity index (χ0v) is 10.6. The summed E-state index contributed by atoms with van der Waals surface area (Å²) in [4.78, 5) is 9.73. The van der Waals surface area contributed by atoms with Gasteiger partial charge in [-0.1, -0.05) is 0 Å². The van der Waals surface area contributed by atoms with Gasteiger partial charge in [-0.05, 0) is 6.92 Å². The van der Waals surface area contributed by atoms with Gasteiger partial charge in [0.15, 0.2) is 11.6 Å². The van der Waals surface area contributed by atoms with E-state index in [0.29, 0.717) is 11.5 Å². The van der Waals surface area contributed by atoms with Crippen molar-refractivity contribution in [2.45, 2.75) is 6.92 Å². The van der Waals surface area contributed by atoms with Crippen LogP contribution in [0.15, 0.2) is 6.33 Å². The second kappa shape index (κ2) is 6.83. The highest BCUT2D eigenvalue weighted by atomic mass is 35.5. The standard InChI is InChI=1S/C9H13FN4.2ClH/c1-7-8(10)9(13-6-12-7)14-4-2-11-3-5-14;;/h6,11H,2-5H2,1H3;2*1H. The second-order valence-electron chi connectivity index (χ2n) is 3.33. The molecule has 4 nitrogen and oxygen atoms in total. The third-order valence-electron chi connectivity index (χ3n) is 2.36. The van der Waals surface area contributed by atoms with Crippen LogP contribution in [0.4, 0.5) is 10.2 Å². The maximum absolute atomic E-state index is 13.6. The molecule has 92 valence electrons. The lowest BCUT2D eigenvalue weighted by Crippen LogP contribution is -2.44. The van der Waals surface area contributed by atoms with Crippen LogP contribution in [-0.2, 0) is 0 Å². The van der Waals surface area contributed by atoms with E-state index in [4.69, 9.17) is 0 Å². The Hall–Kier alpha value is -0.650. The van der Waals surface area contributed by atoms with Crippen LogP contribution in [0.25, 0.3) is 0 Å². The van der Waals surface area contributed by atoms with E-state index in [1.165, 1.54) is 6.33 Å². The Morgan fingerprint density at radius 3 is 2.50 bits per heavy atom. The van der Waals surface area contributed by atoms with Crippen molar-refractivity contribution >= 4 is 30.6 Å². The van der Waals surface area contributed by atoms with Gasteiger partial charge in [-0.3, -0.25) is 0 Å². The van der Waals surface area contributed by atoms with Crippen LogP contribution in [0.5, 0.6) is 0 Å². The van der Waals surface area contributed by atoms with Gasteiger partial charge in [0.25, 0.3) is 0 Å². The lowest BCUT2D eigenvalue weighted by Gasteiger charge is -2.28. The lowest BCUT2D eigenvalue weighted by molar-refractivity contribution is 0.551. The van der Waals surface area contributed by atoms with Crippen molar-refractivity contribution in [3.8, 4) is 0 Å². The predicted molar refractivity (Wildman–Crippen MR) is 66.3 cm³/mol. The zero-order valence-electron chi connectivity index (χ0n) is 8.94. The summed E-state index contributed by atoms with van der Waals surface area (Å²) in [6.07, 6.45) is 1.41. The zero-order chi connectivity index (χ0) is 9.97. The fourth-order valence-electron chi connectivity index (χ4n) is 1.54. The maximum Gasteiger partial charge on any atom is 0.186 e. The number of aryl methyl sites for hydroxylation is 1. The van der Waals surface area contributed by atoms with Gasteiger partial charge < -0.3 is 10.2 Å². The van der Waals surface area contributed by atoms with Crippen molar-refractivity contribution in [3.05, 3.63) is 17.8 Å². The average molecular weight is 269 g/mol. The summed E-state index contributed by atoms with van der Waals surface area (Å²) in [7, 11) is 0. The molecule has 0 aromatic carbocycles. The van der Waals surface area contributed by atoms with Crippen LogP contribution in [0.3, 0.4) is 0 Å². The molecule has 1 N–H and O–H groups in total. The molecular weight excluding hydrogens is 254 g/mol. The number of nitrogens with one attached hydrogen (secondary N) is 1. The Kier molecular flexibility index (Phi) is 6.55. The minimum absolute atomic E-state index is 0. The Labute approximate surface area is 106 Å². The normalized spacial score (nSPS) is 15.0. The largest absolute Gasteiger partial charge is 0.352 e. The van der Waals surface area contributed by atoms with Crippen molar-refractivity contribution in [2.75, 3.05) is 31.1 Å². The fraction of sp³-hybridized carbons (Fsp3) is 0.556. The van der Waals surface area contributed by atoms with Gasteiger partial charge >= 0.3 is 0 Å². The molecule has 2 heterocycles. The molecule has 16 heavy (non-hydrogen) atoms. The molecule has 0 saturated carbocycles. The second-order valence-corrected chi connectivity index (χ2v) is 3.33. The highest BCUT2D eigenvalue weighted by Crippen LogP contribution is 2.17. The summed E-state index contributed by atoms with van der Waals surface area (Å²) in [5.74, 6) is 0.133. The molecule has 7 heteroatoms. The molecule has 0 bridgehead atoms. The summed E-state index contributed by atoms with van der Waals surface area (Å²) in [5, 5.41) is 3.21. The smallest absolute Gasteiger partial charge is 0.186 e. The molecule has 1 fully saturated rings. The molecule has 2 rings (SSSR count).